The minimum absolute atomic E-state index is 0.514. The van der Waals surface area contributed by atoms with Gasteiger partial charge >= 0.3 is 0 Å². The summed E-state index contributed by atoms with van der Waals surface area (Å²) in [4.78, 5) is 4.60. The average Bonchev–Trinajstić information content (AvgIpc) is 3.07. The summed E-state index contributed by atoms with van der Waals surface area (Å²) < 4.78 is 5.85. The van der Waals surface area contributed by atoms with Crippen LogP contribution in [0.4, 0.5) is 0 Å². The van der Waals surface area contributed by atoms with Crippen LogP contribution < -0.4 is 5.32 Å². The van der Waals surface area contributed by atoms with Gasteiger partial charge in [0.1, 0.15) is 5.52 Å². The Kier molecular flexibility index (Phi) is 3.83. The normalized spacial score (nSPS) is 18.2. The van der Waals surface area contributed by atoms with Crippen molar-refractivity contribution in [2.75, 3.05) is 6.54 Å². The lowest BCUT2D eigenvalue weighted by atomic mass is 9.95. The molecule has 0 spiro atoms. The van der Waals surface area contributed by atoms with E-state index >= 15 is 0 Å². The molecular weight excluding hydrogens is 236 g/mol. The van der Waals surface area contributed by atoms with Crippen LogP contribution in [-0.4, -0.2) is 17.6 Å². The van der Waals surface area contributed by atoms with Gasteiger partial charge in [-0.15, -0.1) is 0 Å². The van der Waals surface area contributed by atoms with Crippen molar-refractivity contribution in [1.29, 1.82) is 0 Å². The van der Waals surface area contributed by atoms with Crippen LogP contribution in [0.25, 0.3) is 11.1 Å². The molecule has 1 aromatic carbocycles. The van der Waals surface area contributed by atoms with Crippen LogP contribution in [0.5, 0.6) is 0 Å². The Bertz CT molecular complexity index is 495. The quantitative estimate of drug-likeness (QED) is 0.891. The molecule has 2 aromatic rings. The van der Waals surface area contributed by atoms with Crippen LogP contribution in [0, 0.1) is 5.92 Å². The zero-order valence-corrected chi connectivity index (χ0v) is 11.6. The third-order valence-electron chi connectivity index (χ3n) is 4.17. The van der Waals surface area contributed by atoms with Gasteiger partial charge in [0.25, 0.3) is 0 Å². The summed E-state index contributed by atoms with van der Waals surface area (Å²) in [6.07, 6.45) is 6.35. The van der Waals surface area contributed by atoms with Crippen LogP contribution in [0.3, 0.4) is 0 Å². The molecule has 0 radical (unpaired) electrons. The number of benzene rings is 1. The highest BCUT2D eigenvalue weighted by atomic mass is 16.3. The van der Waals surface area contributed by atoms with Crippen molar-refractivity contribution >= 4 is 11.1 Å². The molecule has 1 atom stereocenters. The summed E-state index contributed by atoms with van der Waals surface area (Å²) in [6.45, 7) is 3.19. The standard InChI is InChI=1S/C16H22N2O/c1-2-17-14(12-7-3-4-8-12)11-16-18-13-9-5-6-10-15(13)19-16/h5-6,9-10,12,14,17H,2-4,7-8,11H2,1H3. The number of nitrogens with one attached hydrogen (secondary N) is 1. The number of hydrogen-bond donors (Lipinski definition) is 1. The van der Waals surface area contributed by atoms with Crippen molar-refractivity contribution < 1.29 is 4.42 Å². The highest BCUT2D eigenvalue weighted by Gasteiger charge is 2.25. The molecular formula is C16H22N2O. The number of aromatic nitrogens is 1. The number of para-hydroxylation sites is 2. The largest absolute Gasteiger partial charge is 0.441 e. The fourth-order valence-corrected chi connectivity index (χ4v) is 3.22. The number of likely N-dealkylation sites (N-methyl/N-ethyl adjacent to an activating group) is 1. The molecule has 1 aliphatic rings. The van der Waals surface area contributed by atoms with Gasteiger partial charge in [0.05, 0.1) is 0 Å². The maximum atomic E-state index is 5.85. The van der Waals surface area contributed by atoms with Gasteiger partial charge in [-0.1, -0.05) is 31.9 Å². The predicted molar refractivity (Wildman–Crippen MR) is 77.1 cm³/mol. The molecule has 1 saturated carbocycles. The van der Waals surface area contributed by atoms with E-state index in [1.807, 2.05) is 24.3 Å². The van der Waals surface area contributed by atoms with E-state index in [1.165, 1.54) is 25.7 Å². The van der Waals surface area contributed by atoms with Crippen LogP contribution in [-0.2, 0) is 6.42 Å². The van der Waals surface area contributed by atoms with E-state index < -0.39 is 0 Å². The van der Waals surface area contributed by atoms with E-state index in [4.69, 9.17) is 4.42 Å². The van der Waals surface area contributed by atoms with Crippen molar-refractivity contribution in [2.45, 2.75) is 45.1 Å². The summed E-state index contributed by atoms with van der Waals surface area (Å²) in [5.74, 6) is 1.66. The van der Waals surface area contributed by atoms with Gasteiger partial charge in [-0.25, -0.2) is 4.98 Å². The molecule has 1 aromatic heterocycles. The summed E-state index contributed by atoms with van der Waals surface area (Å²) >= 11 is 0. The molecule has 3 heteroatoms. The molecule has 1 unspecified atom stereocenters. The average molecular weight is 258 g/mol. The van der Waals surface area contributed by atoms with E-state index in [0.29, 0.717) is 6.04 Å². The fraction of sp³-hybridized carbons (Fsp3) is 0.562. The molecule has 1 N–H and O–H groups in total. The third kappa shape index (κ3) is 2.81. The lowest BCUT2D eigenvalue weighted by Crippen LogP contribution is -2.37. The molecule has 1 aliphatic carbocycles. The molecule has 1 heterocycles. The Labute approximate surface area is 114 Å². The summed E-state index contributed by atoms with van der Waals surface area (Å²) in [7, 11) is 0. The van der Waals surface area contributed by atoms with E-state index in [0.717, 1.165) is 35.9 Å². The second kappa shape index (κ2) is 5.74. The first-order valence-electron chi connectivity index (χ1n) is 7.44. The number of nitrogens with zero attached hydrogens (tertiary/aromatic N) is 1. The highest BCUT2D eigenvalue weighted by Crippen LogP contribution is 2.29. The predicted octanol–water partition coefficient (Wildman–Crippen LogP) is 3.54. The zero-order valence-electron chi connectivity index (χ0n) is 11.6. The SMILES string of the molecule is CCNC(Cc1nc2ccccc2o1)C1CCCC1. The van der Waals surface area contributed by atoms with Crippen LogP contribution >= 0.6 is 0 Å². The molecule has 0 aliphatic heterocycles. The monoisotopic (exact) mass is 258 g/mol. The molecule has 0 bridgehead atoms. The highest BCUT2D eigenvalue weighted by molar-refractivity contribution is 5.72. The number of hydrogen-bond acceptors (Lipinski definition) is 3. The Hall–Kier alpha value is -1.35. The zero-order chi connectivity index (χ0) is 13.1. The molecule has 3 nitrogen and oxygen atoms in total. The number of fused-ring (bicyclic) bond motifs is 1. The van der Waals surface area contributed by atoms with Crippen LogP contribution in [0.15, 0.2) is 28.7 Å². The Balaban J connectivity index is 1.76. The van der Waals surface area contributed by atoms with Crippen molar-refractivity contribution in [3.05, 3.63) is 30.2 Å². The van der Waals surface area contributed by atoms with Gasteiger partial charge in [-0.05, 0) is 37.4 Å². The number of rotatable bonds is 5. The first-order valence-corrected chi connectivity index (χ1v) is 7.44. The second-order valence-electron chi connectivity index (χ2n) is 5.49. The van der Waals surface area contributed by atoms with E-state index in [9.17, 15) is 0 Å². The summed E-state index contributed by atoms with van der Waals surface area (Å²) in [5.41, 5.74) is 1.87. The molecule has 1 fully saturated rings. The molecule has 0 saturated heterocycles. The number of oxazole rings is 1. The minimum Gasteiger partial charge on any atom is -0.441 e. The molecule has 3 rings (SSSR count). The van der Waals surface area contributed by atoms with Gasteiger partial charge in [-0.3, -0.25) is 0 Å². The lowest BCUT2D eigenvalue weighted by Gasteiger charge is -2.22. The first kappa shape index (κ1) is 12.7. The van der Waals surface area contributed by atoms with E-state index in [-0.39, 0.29) is 0 Å². The van der Waals surface area contributed by atoms with Gasteiger partial charge in [0.2, 0.25) is 0 Å². The summed E-state index contributed by atoms with van der Waals surface area (Å²) in [5, 5.41) is 3.62. The Morgan fingerprint density at radius 1 is 1.32 bits per heavy atom. The van der Waals surface area contributed by atoms with Crippen molar-refractivity contribution in [3.8, 4) is 0 Å². The van der Waals surface area contributed by atoms with Crippen molar-refractivity contribution in [3.63, 3.8) is 0 Å². The maximum Gasteiger partial charge on any atom is 0.197 e. The Morgan fingerprint density at radius 3 is 2.84 bits per heavy atom. The maximum absolute atomic E-state index is 5.85. The Morgan fingerprint density at radius 2 is 2.11 bits per heavy atom. The molecule has 19 heavy (non-hydrogen) atoms. The van der Waals surface area contributed by atoms with E-state index in [1.54, 1.807) is 0 Å². The fourth-order valence-electron chi connectivity index (χ4n) is 3.22. The minimum atomic E-state index is 0.514. The van der Waals surface area contributed by atoms with Crippen LogP contribution in [0.2, 0.25) is 0 Å². The second-order valence-corrected chi connectivity index (χ2v) is 5.49. The van der Waals surface area contributed by atoms with Gasteiger partial charge in [0.15, 0.2) is 11.5 Å². The summed E-state index contributed by atoms with van der Waals surface area (Å²) in [6, 6.07) is 8.52. The molecule has 0 amide bonds. The topological polar surface area (TPSA) is 38.1 Å². The first-order chi connectivity index (χ1) is 9.36. The van der Waals surface area contributed by atoms with Crippen LogP contribution in [0.1, 0.15) is 38.5 Å². The van der Waals surface area contributed by atoms with Crippen molar-refractivity contribution in [2.24, 2.45) is 5.92 Å². The van der Waals surface area contributed by atoms with Gasteiger partial charge in [-0.2, -0.15) is 0 Å². The van der Waals surface area contributed by atoms with Crippen molar-refractivity contribution in [1.82, 2.24) is 10.3 Å². The van der Waals surface area contributed by atoms with Gasteiger partial charge < -0.3 is 9.73 Å². The van der Waals surface area contributed by atoms with E-state index in [2.05, 4.69) is 17.2 Å². The third-order valence-corrected chi connectivity index (χ3v) is 4.17. The molecule has 102 valence electrons. The lowest BCUT2D eigenvalue weighted by molar-refractivity contribution is 0.339. The van der Waals surface area contributed by atoms with Gasteiger partial charge in [0, 0.05) is 12.5 Å². The smallest absolute Gasteiger partial charge is 0.197 e.